The lowest BCUT2D eigenvalue weighted by molar-refractivity contribution is -0.147. The number of amides is 1. The molecule has 5 heteroatoms. The van der Waals surface area contributed by atoms with Crippen LogP contribution in [0.2, 0.25) is 5.02 Å². The predicted molar refractivity (Wildman–Crippen MR) is 84.3 cm³/mol. The Bertz CT molecular complexity index is 745. The molecule has 1 aliphatic heterocycles. The van der Waals surface area contributed by atoms with E-state index in [9.17, 15) is 14.7 Å². The number of nitrogens with zero attached hydrogens (tertiary/aromatic N) is 1. The molecule has 1 N–H and O–H groups in total. The summed E-state index contributed by atoms with van der Waals surface area (Å²) < 4.78 is 0. The minimum Gasteiger partial charge on any atom is -0.481 e. The van der Waals surface area contributed by atoms with Gasteiger partial charge in [0.2, 0.25) is 5.91 Å². The zero-order chi connectivity index (χ0) is 15.9. The molecule has 0 bridgehead atoms. The summed E-state index contributed by atoms with van der Waals surface area (Å²) in [6, 6.07) is 14.4. The van der Waals surface area contributed by atoms with Gasteiger partial charge in [-0.25, -0.2) is 0 Å². The molecule has 0 saturated heterocycles. The van der Waals surface area contributed by atoms with Crippen LogP contribution >= 0.6 is 11.6 Å². The van der Waals surface area contributed by atoms with Crippen LogP contribution < -0.4 is 4.90 Å². The highest BCUT2D eigenvalue weighted by molar-refractivity contribution is 6.30. The maximum atomic E-state index is 12.5. The van der Waals surface area contributed by atoms with Crippen LogP contribution in [0, 0.1) is 5.92 Å². The van der Waals surface area contributed by atoms with Gasteiger partial charge in [0.1, 0.15) is 5.92 Å². The maximum absolute atomic E-state index is 12.5. The van der Waals surface area contributed by atoms with Crippen molar-refractivity contribution in [2.45, 2.75) is 5.92 Å². The third-order valence-electron chi connectivity index (χ3n) is 4.04. The van der Waals surface area contributed by atoms with Crippen LogP contribution in [0.25, 0.3) is 0 Å². The van der Waals surface area contributed by atoms with Crippen molar-refractivity contribution in [2.75, 3.05) is 11.9 Å². The fourth-order valence-corrected chi connectivity index (χ4v) is 3.19. The molecule has 1 aliphatic rings. The summed E-state index contributed by atoms with van der Waals surface area (Å²) in [6.07, 6.45) is 0. The minimum atomic E-state index is -1.15. The van der Waals surface area contributed by atoms with Crippen molar-refractivity contribution >= 4 is 29.2 Å². The number of fused-ring (bicyclic) bond motifs is 1. The lowest BCUT2D eigenvalue weighted by Crippen LogP contribution is -2.45. The van der Waals surface area contributed by atoms with Crippen LogP contribution in [0.5, 0.6) is 0 Å². The van der Waals surface area contributed by atoms with E-state index in [-0.39, 0.29) is 0 Å². The van der Waals surface area contributed by atoms with Gasteiger partial charge in [-0.15, -0.1) is 0 Å². The molecule has 0 saturated carbocycles. The minimum absolute atomic E-state index is 0.420. The Labute approximate surface area is 132 Å². The molecule has 4 nitrogen and oxygen atoms in total. The number of carbonyl (C=O) groups excluding carboxylic acids is 1. The van der Waals surface area contributed by atoms with Crippen LogP contribution in [0.4, 0.5) is 5.69 Å². The molecule has 1 heterocycles. The first-order chi connectivity index (χ1) is 10.5. The molecule has 112 valence electrons. The molecular weight excluding hydrogens is 302 g/mol. The molecule has 1 amide bonds. The molecule has 0 aromatic heterocycles. The molecule has 3 rings (SSSR count). The van der Waals surface area contributed by atoms with E-state index >= 15 is 0 Å². The molecule has 0 fully saturated rings. The largest absolute Gasteiger partial charge is 0.481 e. The van der Waals surface area contributed by atoms with Crippen molar-refractivity contribution in [1.29, 1.82) is 0 Å². The highest BCUT2D eigenvalue weighted by atomic mass is 35.5. The monoisotopic (exact) mass is 315 g/mol. The topological polar surface area (TPSA) is 57.6 Å². The highest BCUT2D eigenvalue weighted by Crippen LogP contribution is 2.43. The van der Waals surface area contributed by atoms with Gasteiger partial charge in [-0.1, -0.05) is 41.9 Å². The van der Waals surface area contributed by atoms with E-state index in [0.717, 1.165) is 11.1 Å². The van der Waals surface area contributed by atoms with Crippen LogP contribution in [0.1, 0.15) is 17.0 Å². The van der Waals surface area contributed by atoms with Gasteiger partial charge in [-0.3, -0.25) is 9.59 Å². The second-order valence-electron chi connectivity index (χ2n) is 5.30. The molecule has 0 spiro atoms. The molecule has 0 aliphatic carbocycles. The van der Waals surface area contributed by atoms with E-state index in [4.69, 9.17) is 11.6 Å². The first kappa shape index (κ1) is 14.6. The number of anilines is 1. The number of aliphatic carboxylic acids is 1. The smallest absolute Gasteiger partial charge is 0.317 e. The zero-order valence-electron chi connectivity index (χ0n) is 11.9. The number of carbonyl (C=O) groups is 2. The van der Waals surface area contributed by atoms with E-state index in [2.05, 4.69) is 0 Å². The van der Waals surface area contributed by atoms with Crippen molar-refractivity contribution in [3.05, 3.63) is 64.7 Å². The average molecular weight is 316 g/mol. The van der Waals surface area contributed by atoms with E-state index in [1.54, 1.807) is 25.2 Å². The number of halogens is 1. The molecular formula is C17H14ClNO3. The van der Waals surface area contributed by atoms with Gasteiger partial charge in [-0.2, -0.15) is 0 Å². The Hall–Kier alpha value is -2.33. The Morgan fingerprint density at radius 1 is 1.18 bits per heavy atom. The van der Waals surface area contributed by atoms with Crippen LogP contribution in [-0.4, -0.2) is 24.0 Å². The molecule has 2 atom stereocenters. The van der Waals surface area contributed by atoms with Gasteiger partial charge in [0.05, 0.1) is 0 Å². The second kappa shape index (κ2) is 5.46. The first-order valence-electron chi connectivity index (χ1n) is 6.85. The Kier molecular flexibility index (Phi) is 3.62. The summed E-state index contributed by atoms with van der Waals surface area (Å²) in [4.78, 5) is 25.6. The van der Waals surface area contributed by atoms with Crippen molar-refractivity contribution in [1.82, 2.24) is 0 Å². The zero-order valence-corrected chi connectivity index (χ0v) is 12.6. The van der Waals surface area contributed by atoms with Crippen LogP contribution in [0.15, 0.2) is 48.5 Å². The van der Waals surface area contributed by atoms with Gasteiger partial charge in [-0.05, 0) is 29.3 Å². The number of hydrogen-bond acceptors (Lipinski definition) is 2. The van der Waals surface area contributed by atoms with Gasteiger partial charge < -0.3 is 10.0 Å². The van der Waals surface area contributed by atoms with E-state index in [0.29, 0.717) is 10.7 Å². The molecule has 22 heavy (non-hydrogen) atoms. The van der Waals surface area contributed by atoms with E-state index < -0.39 is 23.7 Å². The number of benzene rings is 2. The standard InChI is InChI=1S/C17H14ClNO3/c1-19-13-8-7-11(18)9-12(13)14(10-5-3-2-4-6-10)15(16(19)20)17(21)22/h2-9,14-15H,1H3,(H,21,22). The van der Waals surface area contributed by atoms with Crippen molar-refractivity contribution < 1.29 is 14.7 Å². The van der Waals surface area contributed by atoms with Gasteiger partial charge >= 0.3 is 5.97 Å². The number of rotatable bonds is 2. The maximum Gasteiger partial charge on any atom is 0.317 e. The van der Waals surface area contributed by atoms with Crippen LogP contribution in [-0.2, 0) is 9.59 Å². The lowest BCUT2D eigenvalue weighted by atomic mass is 9.76. The van der Waals surface area contributed by atoms with Crippen molar-refractivity contribution in [3.63, 3.8) is 0 Å². The summed E-state index contributed by atoms with van der Waals surface area (Å²) in [5, 5.41) is 10.1. The summed E-state index contributed by atoms with van der Waals surface area (Å²) in [5.74, 6) is -3.25. The normalized spacial score (nSPS) is 20.6. The highest BCUT2D eigenvalue weighted by Gasteiger charge is 2.44. The van der Waals surface area contributed by atoms with Gasteiger partial charge in [0.15, 0.2) is 0 Å². The van der Waals surface area contributed by atoms with Crippen LogP contribution in [0.3, 0.4) is 0 Å². The fourth-order valence-electron chi connectivity index (χ4n) is 3.01. The van der Waals surface area contributed by atoms with Crippen molar-refractivity contribution in [2.24, 2.45) is 5.92 Å². The Morgan fingerprint density at radius 3 is 2.50 bits per heavy atom. The van der Waals surface area contributed by atoms with Gasteiger partial charge in [0, 0.05) is 23.7 Å². The number of carboxylic acids is 1. The van der Waals surface area contributed by atoms with Crippen molar-refractivity contribution in [3.8, 4) is 0 Å². The fraction of sp³-hybridized carbons (Fsp3) is 0.176. The molecule has 2 aromatic carbocycles. The first-order valence-corrected chi connectivity index (χ1v) is 7.23. The van der Waals surface area contributed by atoms with E-state index in [1.165, 1.54) is 4.90 Å². The Balaban J connectivity index is 2.27. The average Bonchev–Trinajstić information content (AvgIpc) is 2.51. The second-order valence-corrected chi connectivity index (χ2v) is 5.74. The summed E-state index contributed by atoms with van der Waals surface area (Å²) in [5.41, 5.74) is 2.24. The summed E-state index contributed by atoms with van der Waals surface area (Å²) >= 11 is 6.09. The number of carboxylic acid groups (broad SMARTS) is 1. The van der Waals surface area contributed by atoms with E-state index in [1.807, 2.05) is 30.3 Å². The third kappa shape index (κ3) is 2.25. The van der Waals surface area contributed by atoms with Gasteiger partial charge in [0.25, 0.3) is 0 Å². The predicted octanol–water partition coefficient (Wildman–Crippen LogP) is 3.15. The molecule has 2 aromatic rings. The number of hydrogen-bond donors (Lipinski definition) is 1. The molecule has 0 radical (unpaired) electrons. The lowest BCUT2D eigenvalue weighted by Gasteiger charge is -2.36. The SMILES string of the molecule is CN1C(=O)C(C(=O)O)C(c2ccccc2)c2cc(Cl)ccc21. The Morgan fingerprint density at radius 2 is 1.86 bits per heavy atom. The third-order valence-corrected chi connectivity index (χ3v) is 4.28. The quantitative estimate of drug-likeness (QED) is 0.866. The molecule has 2 unspecified atom stereocenters. The summed E-state index contributed by atoms with van der Waals surface area (Å²) in [6.45, 7) is 0. The summed E-state index contributed by atoms with van der Waals surface area (Å²) in [7, 11) is 1.59.